The number of fused-ring (bicyclic) bond motifs is 5. The Hall–Kier alpha value is -6.45. The van der Waals surface area contributed by atoms with Crippen LogP contribution in [0, 0.1) is 0 Å². The number of aromatic nitrogens is 1. The van der Waals surface area contributed by atoms with E-state index in [1.807, 2.05) is 12.4 Å². The second kappa shape index (κ2) is 11.7. The van der Waals surface area contributed by atoms with Crippen molar-refractivity contribution in [2.24, 2.45) is 0 Å². The van der Waals surface area contributed by atoms with Gasteiger partial charge in [0.15, 0.2) is 5.58 Å². The van der Waals surface area contributed by atoms with Crippen LogP contribution in [-0.4, -0.2) is 4.98 Å². The summed E-state index contributed by atoms with van der Waals surface area (Å²) in [4.78, 5) is 7.05. The average molecular weight is 615 g/mol. The Kier molecular flexibility index (Phi) is 6.80. The van der Waals surface area contributed by atoms with Gasteiger partial charge in [0, 0.05) is 22.1 Å². The Morgan fingerprint density at radius 2 is 1.04 bits per heavy atom. The van der Waals surface area contributed by atoms with Gasteiger partial charge >= 0.3 is 0 Å². The molecule has 9 rings (SSSR count). The largest absolute Gasteiger partial charge is 0.454 e. The fourth-order valence-electron chi connectivity index (χ4n) is 6.87. The van der Waals surface area contributed by atoms with E-state index in [4.69, 9.17) is 9.40 Å². The first-order valence-corrected chi connectivity index (χ1v) is 16.2. The van der Waals surface area contributed by atoms with E-state index in [0.717, 1.165) is 60.9 Å². The highest BCUT2D eigenvalue weighted by atomic mass is 16.3. The molecule has 0 atom stereocenters. The van der Waals surface area contributed by atoms with Crippen molar-refractivity contribution in [3.8, 4) is 33.4 Å². The number of hydrogen-bond donors (Lipinski definition) is 0. The number of nitrogens with zero attached hydrogens (tertiary/aromatic N) is 2. The molecule has 3 heteroatoms. The van der Waals surface area contributed by atoms with Gasteiger partial charge in [-0.25, -0.2) is 0 Å². The maximum Gasteiger partial charge on any atom is 0.155 e. The molecule has 0 aliphatic carbocycles. The molecule has 3 nitrogen and oxygen atoms in total. The van der Waals surface area contributed by atoms with Gasteiger partial charge in [-0.1, -0.05) is 140 Å². The van der Waals surface area contributed by atoms with E-state index >= 15 is 0 Å². The van der Waals surface area contributed by atoms with Crippen LogP contribution in [-0.2, 0) is 0 Å². The normalized spacial score (nSPS) is 11.3. The van der Waals surface area contributed by atoms with E-state index in [0.29, 0.717) is 0 Å². The van der Waals surface area contributed by atoms with E-state index in [1.54, 1.807) is 0 Å². The Labute approximate surface area is 279 Å². The Balaban J connectivity index is 1.30. The van der Waals surface area contributed by atoms with Crippen LogP contribution in [0.25, 0.3) is 66.1 Å². The van der Waals surface area contributed by atoms with E-state index in [1.165, 1.54) is 22.3 Å². The lowest BCUT2D eigenvalue weighted by molar-refractivity contribution is 0.670. The van der Waals surface area contributed by atoms with Crippen molar-refractivity contribution >= 4 is 49.8 Å². The zero-order valence-electron chi connectivity index (χ0n) is 26.1. The summed E-state index contributed by atoms with van der Waals surface area (Å²) in [7, 11) is 0. The summed E-state index contributed by atoms with van der Waals surface area (Å²) in [5, 5.41) is 4.34. The fourth-order valence-corrected chi connectivity index (χ4v) is 6.87. The summed E-state index contributed by atoms with van der Waals surface area (Å²) < 4.78 is 6.59. The Morgan fingerprint density at radius 3 is 1.77 bits per heavy atom. The second-order valence-electron chi connectivity index (χ2n) is 12.0. The predicted molar refractivity (Wildman–Crippen MR) is 200 cm³/mol. The van der Waals surface area contributed by atoms with Crippen molar-refractivity contribution in [3.05, 3.63) is 182 Å². The molecule has 0 aliphatic rings. The highest BCUT2D eigenvalue weighted by Crippen LogP contribution is 2.46. The van der Waals surface area contributed by atoms with E-state index in [-0.39, 0.29) is 0 Å². The molecule has 2 aromatic heterocycles. The van der Waals surface area contributed by atoms with Gasteiger partial charge in [-0.2, -0.15) is 0 Å². The summed E-state index contributed by atoms with van der Waals surface area (Å²) in [6.07, 6.45) is 3.79. The lowest BCUT2D eigenvalue weighted by Gasteiger charge is -2.27. The molecule has 0 bridgehead atoms. The molecule has 0 aliphatic heterocycles. The highest BCUT2D eigenvalue weighted by Gasteiger charge is 2.22. The number of rotatable bonds is 6. The summed E-state index contributed by atoms with van der Waals surface area (Å²) in [5.74, 6) is 0. The van der Waals surface area contributed by atoms with Crippen molar-refractivity contribution in [1.29, 1.82) is 0 Å². The summed E-state index contributed by atoms with van der Waals surface area (Å²) in [6, 6.07) is 60.0. The van der Waals surface area contributed by atoms with Crippen LogP contribution in [0.5, 0.6) is 0 Å². The van der Waals surface area contributed by atoms with Crippen LogP contribution in [0.15, 0.2) is 187 Å². The monoisotopic (exact) mass is 614 g/mol. The molecule has 0 spiro atoms. The Bertz CT molecular complexity index is 2540. The van der Waals surface area contributed by atoms with E-state index in [9.17, 15) is 0 Å². The van der Waals surface area contributed by atoms with Gasteiger partial charge in [0.05, 0.1) is 23.5 Å². The molecule has 0 amide bonds. The topological polar surface area (TPSA) is 29.3 Å². The average Bonchev–Trinajstić information content (AvgIpc) is 3.56. The zero-order chi connectivity index (χ0) is 31.9. The van der Waals surface area contributed by atoms with Crippen molar-refractivity contribution in [3.63, 3.8) is 0 Å². The standard InChI is InChI=1S/C45H30N2O/c1-4-12-31(13-5-1)32-20-23-36(24-21-32)47(37-25-27-38(33-14-6-2-7-15-33)41(28-37)34-16-8-3-9-17-34)42-29-46-30-43-44(42)40-26-22-35-18-10-11-19-39(35)45(40)48-43/h1-30H. The predicted octanol–water partition coefficient (Wildman–Crippen LogP) is 12.6. The quantitative estimate of drug-likeness (QED) is 0.187. The summed E-state index contributed by atoms with van der Waals surface area (Å²) in [5.41, 5.74) is 11.7. The number of benzene rings is 7. The number of pyridine rings is 1. The first-order chi connectivity index (χ1) is 23.8. The third kappa shape index (κ3) is 4.81. The molecule has 226 valence electrons. The molecule has 0 fully saturated rings. The molecule has 0 unspecified atom stereocenters. The molecule has 9 aromatic rings. The zero-order valence-corrected chi connectivity index (χ0v) is 26.1. The SMILES string of the molecule is c1ccc(-c2ccc(N(c3ccc(-c4ccccc4)c(-c4ccccc4)c3)c3cncc4oc5c6ccccc6ccc5c34)cc2)cc1. The molecule has 7 aromatic carbocycles. The molecular formula is C45H30N2O. The number of hydrogen-bond acceptors (Lipinski definition) is 3. The van der Waals surface area contributed by atoms with Gasteiger partial charge in [0.2, 0.25) is 0 Å². The van der Waals surface area contributed by atoms with Gasteiger partial charge in [-0.05, 0) is 69.1 Å². The molecule has 0 saturated carbocycles. The molecule has 0 radical (unpaired) electrons. The van der Waals surface area contributed by atoms with Crippen molar-refractivity contribution in [2.45, 2.75) is 0 Å². The Morgan fingerprint density at radius 1 is 0.438 bits per heavy atom. The molecule has 0 N–H and O–H groups in total. The minimum Gasteiger partial charge on any atom is -0.454 e. The van der Waals surface area contributed by atoms with Crippen LogP contribution in [0.3, 0.4) is 0 Å². The second-order valence-corrected chi connectivity index (χ2v) is 12.0. The third-order valence-electron chi connectivity index (χ3n) is 9.16. The van der Waals surface area contributed by atoms with Gasteiger partial charge < -0.3 is 9.32 Å². The minimum atomic E-state index is 0.758. The van der Waals surface area contributed by atoms with Crippen LogP contribution in [0.4, 0.5) is 17.1 Å². The molecule has 0 saturated heterocycles. The van der Waals surface area contributed by atoms with E-state index in [2.05, 4.69) is 175 Å². The fraction of sp³-hybridized carbons (Fsp3) is 0. The smallest absolute Gasteiger partial charge is 0.155 e. The van der Waals surface area contributed by atoms with Crippen molar-refractivity contribution in [2.75, 3.05) is 4.90 Å². The van der Waals surface area contributed by atoms with Gasteiger partial charge in [0.25, 0.3) is 0 Å². The van der Waals surface area contributed by atoms with Crippen LogP contribution in [0.1, 0.15) is 0 Å². The lowest BCUT2D eigenvalue weighted by Crippen LogP contribution is -2.11. The highest BCUT2D eigenvalue weighted by molar-refractivity contribution is 6.19. The van der Waals surface area contributed by atoms with Crippen LogP contribution >= 0.6 is 0 Å². The number of furan rings is 1. The van der Waals surface area contributed by atoms with Crippen molar-refractivity contribution in [1.82, 2.24) is 4.98 Å². The van der Waals surface area contributed by atoms with Crippen LogP contribution in [0.2, 0.25) is 0 Å². The maximum absolute atomic E-state index is 6.59. The maximum atomic E-state index is 6.59. The minimum absolute atomic E-state index is 0.758. The van der Waals surface area contributed by atoms with E-state index < -0.39 is 0 Å². The molecule has 2 heterocycles. The number of anilines is 3. The van der Waals surface area contributed by atoms with Crippen molar-refractivity contribution < 1.29 is 4.42 Å². The van der Waals surface area contributed by atoms with Gasteiger partial charge in [-0.3, -0.25) is 4.98 Å². The van der Waals surface area contributed by atoms with Gasteiger partial charge in [-0.15, -0.1) is 0 Å². The molecular weight excluding hydrogens is 585 g/mol. The lowest BCUT2D eigenvalue weighted by atomic mass is 9.93. The molecule has 48 heavy (non-hydrogen) atoms. The van der Waals surface area contributed by atoms with Gasteiger partial charge in [0.1, 0.15) is 5.58 Å². The summed E-state index contributed by atoms with van der Waals surface area (Å²) >= 11 is 0. The summed E-state index contributed by atoms with van der Waals surface area (Å²) in [6.45, 7) is 0. The first-order valence-electron chi connectivity index (χ1n) is 16.2. The first kappa shape index (κ1) is 27.8. The van der Waals surface area contributed by atoms with Crippen LogP contribution < -0.4 is 4.90 Å². The third-order valence-corrected chi connectivity index (χ3v) is 9.16.